The maximum absolute atomic E-state index is 5.56. The van der Waals surface area contributed by atoms with E-state index in [0.717, 1.165) is 42.5 Å². The minimum absolute atomic E-state index is 0.469. The highest BCUT2D eigenvalue weighted by Gasteiger charge is 2.29. The quantitative estimate of drug-likeness (QED) is 0.556. The molecular weight excluding hydrogens is 240 g/mol. The van der Waals surface area contributed by atoms with E-state index in [2.05, 4.69) is 27.7 Å². The Labute approximate surface area is 113 Å². The van der Waals surface area contributed by atoms with Gasteiger partial charge < -0.3 is 15.6 Å². The first-order valence-electron chi connectivity index (χ1n) is 6.97. The van der Waals surface area contributed by atoms with Crippen LogP contribution in [0.25, 0.3) is 0 Å². The number of hydrazine groups is 1. The van der Waals surface area contributed by atoms with Gasteiger partial charge in [0.15, 0.2) is 0 Å². The predicted octanol–water partition coefficient (Wildman–Crippen LogP) is 1.06. The molecule has 104 valence electrons. The first kappa shape index (κ1) is 12.6. The molecule has 0 spiro atoms. The molecule has 1 atom stereocenters. The smallest absolute Gasteiger partial charge is 0.148 e. The average Bonchev–Trinajstić information content (AvgIpc) is 3.16. The number of rotatable bonds is 4. The topological polar surface area (TPSA) is 79.1 Å². The van der Waals surface area contributed by atoms with Crippen molar-refractivity contribution in [3.05, 3.63) is 11.4 Å². The van der Waals surface area contributed by atoms with Gasteiger partial charge >= 0.3 is 0 Å². The highest BCUT2D eigenvalue weighted by molar-refractivity contribution is 5.57. The average molecular weight is 262 g/mol. The third kappa shape index (κ3) is 2.64. The second-order valence-electron chi connectivity index (χ2n) is 5.71. The monoisotopic (exact) mass is 262 g/mol. The molecule has 6 nitrogen and oxygen atoms in total. The number of aromatic nitrogens is 2. The molecule has 2 heterocycles. The predicted molar refractivity (Wildman–Crippen MR) is 76.1 cm³/mol. The van der Waals surface area contributed by atoms with E-state index in [9.17, 15) is 0 Å². The Hall–Kier alpha value is -1.40. The second kappa shape index (κ2) is 4.94. The zero-order valence-electron chi connectivity index (χ0n) is 11.6. The number of nitrogens with two attached hydrogens (primary N) is 1. The number of anilines is 2. The van der Waals surface area contributed by atoms with Gasteiger partial charge in [-0.25, -0.2) is 15.8 Å². The summed E-state index contributed by atoms with van der Waals surface area (Å²) in [6.07, 6.45) is 3.54. The van der Waals surface area contributed by atoms with Crippen LogP contribution in [0.1, 0.15) is 36.6 Å². The summed E-state index contributed by atoms with van der Waals surface area (Å²) in [5, 5.41) is 3.55. The van der Waals surface area contributed by atoms with E-state index in [1.54, 1.807) is 0 Å². The van der Waals surface area contributed by atoms with Gasteiger partial charge in [0.25, 0.3) is 0 Å². The van der Waals surface area contributed by atoms with Gasteiger partial charge in [0, 0.05) is 24.1 Å². The number of nitrogens with one attached hydrogen (secondary N) is 2. The Morgan fingerprint density at radius 1 is 1.21 bits per heavy atom. The summed E-state index contributed by atoms with van der Waals surface area (Å²) < 4.78 is 0. The van der Waals surface area contributed by atoms with E-state index >= 15 is 0 Å². The standard InChI is InChI=1S/C13H22N6/c1-8-11(15-10-5-6-19(2)7-10)16-13(9-3-4-9)17-12(8)18-14/h9-10H,3-7,14H2,1-2H3,(H2,15,16,17,18). The maximum atomic E-state index is 5.56. The molecule has 2 fully saturated rings. The molecule has 1 unspecified atom stereocenters. The van der Waals surface area contributed by atoms with Crippen molar-refractivity contribution in [3.8, 4) is 0 Å². The summed E-state index contributed by atoms with van der Waals surface area (Å²) >= 11 is 0. The van der Waals surface area contributed by atoms with Gasteiger partial charge in [-0.1, -0.05) is 0 Å². The van der Waals surface area contributed by atoms with Crippen molar-refractivity contribution in [2.45, 2.75) is 38.1 Å². The molecule has 1 saturated carbocycles. The zero-order chi connectivity index (χ0) is 13.4. The van der Waals surface area contributed by atoms with Gasteiger partial charge in [-0.2, -0.15) is 0 Å². The van der Waals surface area contributed by atoms with Gasteiger partial charge in [0.05, 0.1) is 0 Å². The molecule has 0 aromatic carbocycles. The number of nitrogens with zero attached hydrogens (tertiary/aromatic N) is 3. The summed E-state index contributed by atoms with van der Waals surface area (Å²) in [6, 6.07) is 0.469. The van der Waals surface area contributed by atoms with Gasteiger partial charge in [-0.05, 0) is 39.8 Å². The normalized spacial score (nSPS) is 23.6. The largest absolute Gasteiger partial charge is 0.366 e. The van der Waals surface area contributed by atoms with Crippen LogP contribution in [0.2, 0.25) is 0 Å². The number of nitrogen functional groups attached to an aromatic ring is 1. The first-order valence-corrected chi connectivity index (χ1v) is 6.97. The van der Waals surface area contributed by atoms with Gasteiger partial charge in [0.1, 0.15) is 17.5 Å². The molecule has 19 heavy (non-hydrogen) atoms. The number of hydrogen-bond acceptors (Lipinski definition) is 6. The Morgan fingerprint density at radius 2 is 1.95 bits per heavy atom. The molecule has 1 saturated heterocycles. The van der Waals surface area contributed by atoms with Crippen LogP contribution in [-0.2, 0) is 0 Å². The fourth-order valence-corrected chi connectivity index (χ4v) is 2.59. The van der Waals surface area contributed by atoms with E-state index < -0.39 is 0 Å². The van der Waals surface area contributed by atoms with Crippen molar-refractivity contribution in [2.75, 3.05) is 30.9 Å². The van der Waals surface area contributed by atoms with Gasteiger partial charge in [-0.15, -0.1) is 0 Å². The van der Waals surface area contributed by atoms with Crippen LogP contribution in [0.4, 0.5) is 11.6 Å². The van der Waals surface area contributed by atoms with Crippen molar-refractivity contribution >= 4 is 11.6 Å². The Morgan fingerprint density at radius 3 is 2.53 bits per heavy atom. The molecule has 2 aliphatic rings. The lowest BCUT2D eigenvalue weighted by atomic mass is 10.2. The fraction of sp³-hybridized carbons (Fsp3) is 0.692. The third-order valence-electron chi connectivity index (χ3n) is 3.97. The Kier molecular flexibility index (Phi) is 3.28. The zero-order valence-corrected chi connectivity index (χ0v) is 11.6. The SMILES string of the molecule is Cc1c(NN)nc(C2CC2)nc1NC1CCN(C)C1. The lowest BCUT2D eigenvalue weighted by molar-refractivity contribution is 0.414. The lowest BCUT2D eigenvalue weighted by Gasteiger charge is -2.17. The molecule has 0 amide bonds. The third-order valence-corrected chi connectivity index (χ3v) is 3.97. The van der Waals surface area contributed by atoms with Gasteiger partial charge in [-0.3, -0.25) is 0 Å². The Balaban J connectivity index is 1.84. The Bertz CT molecular complexity index is 470. The molecule has 1 aliphatic heterocycles. The number of hydrogen-bond donors (Lipinski definition) is 3. The van der Waals surface area contributed by atoms with E-state index in [1.165, 1.54) is 12.8 Å². The first-order chi connectivity index (χ1) is 9.17. The molecule has 6 heteroatoms. The molecule has 1 aromatic rings. The van der Waals surface area contributed by atoms with Crippen LogP contribution in [0, 0.1) is 6.92 Å². The van der Waals surface area contributed by atoms with Crippen LogP contribution in [0.5, 0.6) is 0 Å². The fourth-order valence-electron chi connectivity index (χ4n) is 2.59. The van der Waals surface area contributed by atoms with Crippen LogP contribution < -0.4 is 16.6 Å². The summed E-state index contributed by atoms with van der Waals surface area (Å²) in [4.78, 5) is 11.5. The lowest BCUT2D eigenvalue weighted by Crippen LogP contribution is -2.25. The molecule has 3 rings (SSSR count). The highest BCUT2D eigenvalue weighted by Crippen LogP contribution is 2.39. The molecular formula is C13H22N6. The minimum Gasteiger partial charge on any atom is -0.366 e. The van der Waals surface area contributed by atoms with Crippen molar-refractivity contribution in [2.24, 2.45) is 5.84 Å². The minimum atomic E-state index is 0.469. The molecule has 0 radical (unpaired) electrons. The van der Waals surface area contributed by atoms with E-state index in [-0.39, 0.29) is 0 Å². The summed E-state index contributed by atoms with van der Waals surface area (Å²) in [7, 11) is 2.15. The molecule has 1 aromatic heterocycles. The number of likely N-dealkylation sites (tertiary alicyclic amines) is 1. The van der Waals surface area contributed by atoms with Crippen LogP contribution >= 0.6 is 0 Å². The van der Waals surface area contributed by atoms with E-state index in [0.29, 0.717) is 12.0 Å². The molecule has 1 aliphatic carbocycles. The van der Waals surface area contributed by atoms with Crippen molar-refractivity contribution in [1.29, 1.82) is 0 Å². The highest BCUT2D eigenvalue weighted by atomic mass is 15.3. The van der Waals surface area contributed by atoms with Crippen molar-refractivity contribution in [3.63, 3.8) is 0 Å². The molecule has 0 bridgehead atoms. The summed E-state index contributed by atoms with van der Waals surface area (Å²) in [5.74, 6) is 8.69. The van der Waals surface area contributed by atoms with Crippen molar-refractivity contribution in [1.82, 2.24) is 14.9 Å². The van der Waals surface area contributed by atoms with E-state index in [1.807, 2.05) is 6.92 Å². The summed E-state index contributed by atoms with van der Waals surface area (Å²) in [5.41, 5.74) is 3.69. The summed E-state index contributed by atoms with van der Waals surface area (Å²) in [6.45, 7) is 4.21. The molecule has 4 N–H and O–H groups in total. The maximum Gasteiger partial charge on any atom is 0.148 e. The van der Waals surface area contributed by atoms with Crippen LogP contribution in [0.15, 0.2) is 0 Å². The van der Waals surface area contributed by atoms with E-state index in [4.69, 9.17) is 10.8 Å². The van der Waals surface area contributed by atoms with Gasteiger partial charge in [0.2, 0.25) is 0 Å². The van der Waals surface area contributed by atoms with Crippen LogP contribution in [-0.4, -0.2) is 41.0 Å². The van der Waals surface area contributed by atoms with Crippen LogP contribution in [0.3, 0.4) is 0 Å². The van der Waals surface area contributed by atoms with Crippen molar-refractivity contribution < 1.29 is 0 Å². The number of likely N-dealkylation sites (N-methyl/N-ethyl adjacent to an activating group) is 1. The second-order valence-corrected chi connectivity index (χ2v) is 5.71.